The maximum Gasteiger partial charge on any atom is 0.0653 e. The summed E-state index contributed by atoms with van der Waals surface area (Å²) in [5.74, 6) is 0. The van der Waals surface area contributed by atoms with E-state index in [1.165, 1.54) is 18.6 Å². The fraction of sp³-hybridized carbons (Fsp3) is 0.0690. The molecule has 0 aliphatic carbocycles. The molecule has 4 nitrogen and oxygen atoms in total. The van der Waals surface area contributed by atoms with E-state index in [0.717, 1.165) is 0 Å². The van der Waals surface area contributed by atoms with Crippen LogP contribution in [-0.2, 0) is 0 Å². The second kappa shape index (κ2) is 12.8. The average molecular weight is 819 g/mol. The molecule has 0 N–H and O–H groups in total. The van der Waals surface area contributed by atoms with Gasteiger partial charge in [-0.05, 0) is 123 Å². The summed E-state index contributed by atoms with van der Waals surface area (Å²) >= 11 is 0. The molecular weight excluding hydrogens is 753 g/mol. The number of para-hydroxylation sites is 4. The van der Waals surface area contributed by atoms with Crippen molar-refractivity contribution in [2.75, 3.05) is 9.80 Å². The molecule has 9 aromatic carbocycles. The van der Waals surface area contributed by atoms with Gasteiger partial charge in [0.15, 0.2) is 0 Å². The van der Waals surface area contributed by atoms with Crippen LogP contribution in [0.15, 0.2) is 181 Å². The van der Waals surface area contributed by atoms with Crippen molar-refractivity contribution in [2.24, 2.45) is 0 Å². The molecule has 0 spiro atoms. The molecule has 4 heterocycles. The molecule has 0 unspecified atom stereocenters. The van der Waals surface area contributed by atoms with Crippen LogP contribution in [0, 0.1) is 27.7 Å². The predicted molar refractivity (Wildman–Crippen MR) is 264 cm³/mol. The first-order chi connectivity index (χ1) is 40.4. The van der Waals surface area contributed by atoms with Crippen LogP contribution in [0.4, 0.5) is 34.1 Å². The maximum atomic E-state index is 10.5. The van der Waals surface area contributed by atoms with E-state index < -0.39 is 156 Å². The highest BCUT2D eigenvalue weighted by atomic mass is 15.2. The number of nitrogens with zero attached hydrogens (tertiary/aromatic N) is 4. The standard InChI is InChI=1S/C58H42N4/c1-35-27-29-37(3)51(31-35)59(39-15-7-5-8-16-39)47-23-13-25-49-55(47)43-21-11-19-41-45-34-54-46(33-53(45)61(49)57(41)43)42-20-12-22-44-56-48(24-14-26-50(56)62(54)58(42)44)60(40-17-9-6-10-18-40)52-32-36(2)28-30-38(52)4/h5-34H,1-4H3/i5D,6D,7D,8D,9D,10D,11D,12D,13D,14D,15D,16D,17D,18D,19D,20D,21D,22D,23D,24D,25D,26D,33D,34D. The summed E-state index contributed by atoms with van der Waals surface area (Å²) in [4.78, 5) is 2.39. The topological polar surface area (TPSA) is 15.3 Å². The van der Waals surface area contributed by atoms with Crippen LogP contribution in [0.3, 0.4) is 0 Å². The van der Waals surface area contributed by atoms with Crippen molar-refractivity contribution >= 4 is 110 Å². The Hall–Kier alpha value is -7.82. The van der Waals surface area contributed by atoms with Gasteiger partial charge >= 0.3 is 0 Å². The van der Waals surface area contributed by atoms with Gasteiger partial charge in [-0.15, -0.1) is 0 Å². The summed E-state index contributed by atoms with van der Waals surface area (Å²) in [7, 11) is 0. The average Bonchev–Trinajstić information content (AvgIpc) is 1.49. The molecular formula is C58H42N4. The maximum absolute atomic E-state index is 10.5. The van der Waals surface area contributed by atoms with Crippen LogP contribution < -0.4 is 9.80 Å². The predicted octanol–water partition coefficient (Wildman–Crippen LogP) is 16.2. The number of anilines is 6. The Morgan fingerprint density at radius 2 is 0.774 bits per heavy atom. The van der Waals surface area contributed by atoms with Crippen LogP contribution in [0.25, 0.3) is 76.2 Å². The molecule has 294 valence electrons. The van der Waals surface area contributed by atoms with Crippen molar-refractivity contribution < 1.29 is 32.9 Å². The summed E-state index contributed by atoms with van der Waals surface area (Å²) < 4.78 is 228. The van der Waals surface area contributed by atoms with Gasteiger partial charge in [0.05, 0.1) is 77.4 Å². The van der Waals surface area contributed by atoms with Crippen LogP contribution >= 0.6 is 0 Å². The Labute approximate surface area is 393 Å². The zero-order chi connectivity index (χ0) is 62.3. The van der Waals surface area contributed by atoms with Gasteiger partial charge in [0.2, 0.25) is 0 Å². The van der Waals surface area contributed by atoms with E-state index in [4.69, 9.17) is 8.22 Å². The molecule has 0 saturated carbocycles. The molecule has 0 radical (unpaired) electrons. The van der Waals surface area contributed by atoms with Crippen molar-refractivity contribution in [3.05, 3.63) is 204 Å². The molecule has 4 heteroatoms. The lowest BCUT2D eigenvalue weighted by Crippen LogP contribution is -2.12. The fourth-order valence-electron chi connectivity index (χ4n) is 9.07. The highest BCUT2D eigenvalue weighted by Gasteiger charge is 2.27. The summed E-state index contributed by atoms with van der Waals surface area (Å²) in [6.45, 7) is 6.80. The van der Waals surface area contributed by atoms with Crippen molar-refractivity contribution in [2.45, 2.75) is 27.7 Å². The minimum Gasteiger partial charge on any atom is -0.310 e. The SMILES string of the molecule is [2H]c1c([2H])c([2H])c(N(c2cc(C)ccc2C)c2c([2H])c([2H])c([2H])c3c2c2c([2H])c([2H])c([2H])c4c5c([2H])c6c(c([2H])c5n3c24)c2c([2H])c([2H])c([2H])c3c4c(N(c5cc(C)ccc5C)c5c([2H])c([2H])c([2H])c([2H])c5[2H])c([2H])c([2H])c([2H])c4n6c32)c([2H])c1[2H]. The monoisotopic (exact) mass is 818 g/mol. The molecule has 13 rings (SSSR count). The number of benzene rings is 9. The van der Waals surface area contributed by atoms with Gasteiger partial charge in [0, 0.05) is 65.8 Å². The normalized spacial score (nSPS) is 17.6. The number of fused-ring (bicyclic) bond motifs is 12. The van der Waals surface area contributed by atoms with E-state index in [1.807, 2.05) is 0 Å². The number of aryl methyl sites for hydroxylation is 4. The van der Waals surface area contributed by atoms with Crippen LogP contribution in [-0.4, -0.2) is 8.80 Å². The third kappa shape index (κ3) is 4.72. The largest absolute Gasteiger partial charge is 0.310 e. The lowest BCUT2D eigenvalue weighted by Gasteiger charge is -2.28. The van der Waals surface area contributed by atoms with Gasteiger partial charge in [-0.3, -0.25) is 0 Å². The molecule has 13 aromatic rings. The third-order valence-electron chi connectivity index (χ3n) is 11.7. The highest BCUT2D eigenvalue weighted by Crippen LogP contribution is 2.50. The van der Waals surface area contributed by atoms with Crippen molar-refractivity contribution in [1.82, 2.24) is 8.80 Å². The number of hydrogen-bond donors (Lipinski definition) is 0. The summed E-state index contributed by atoms with van der Waals surface area (Å²) in [6, 6.07) is -6.72. The molecule has 0 bridgehead atoms. The molecule has 0 fully saturated rings. The van der Waals surface area contributed by atoms with Gasteiger partial charge in [0.25, 0.3) is 0 Å². The third-order valence-corrected chi connectivity index (χ3v) is 11.7. The van der Waals surface area contributed by atoms with E-state index in [1.54, 1.807) is 64.1 Å². The second-order valence-electron chi connectivity index (χ2n) is 15.4. The zero-order valence-electron chi connectivity index (χ0n) is 57.3. The summed E-state index contributed by atoms with van der Waals surface area (Å²) in [5, 5.41) is -1.96. The molecule has 62 heavy (non-hydrogen) atoms. The first-order valence-electron chi connectivity index (χ1n) is 31.7. The van der Waals surface area contributed by atoms with Gasteiger partial charge in [-0.1, -0.05) is 109 Å². The van der Waals surface area contributed by atoms with Gasteiger partial charge < -0.3 is 18.6 Å². The van der Waals surface area contributed by atoms with Gasteiger partial charge in [0.1, 0.15) is 0 Å². The quantitative estimate of drug-likeness (QED) is 0.166. The number of rotatable bonds is 6. The molecule has 0 aliphatic rings. The number of aromatic nitrogens is 2. The van der Waals surface area contributed by atoms with Crippen molar-refractivity contribution in [3.63, 3.8) is 0 Å². The van der Waals surface area contributed by atoms with E-state index >= 15 is 0 Å². The molecule has 0 atom stereocenters. The Morgan fingerprint density at radius 1 is 0.371 bits per heavy atom. The molecule has 4 aromatic heterocycles. The summed E-state index contributed by atoms with van der Waals surface area (Å²) in [5.41, 5.74) is -0.700. The Morgan fingerprint density at radius 3 is 1.21 bits per heavy atom. The first-order valence-corrected chi connectivity index (χ1v) is 19.7. The van der Waals surface area contributed by atoms with Crippen molar-refractivity contribution in [1.29, 1.82) is 0 Å². The van der Waals surface area contributed by atoms with Crippen LogP contribution in [0.1, 0.15) is 55.2 Å². The van der Waals surface area contributed by atoms with E-state index in [-0.39, 0.29) is 98.9 Å². The fourth-order valence-corrected chi connectivity index (χ4v) is 9.07. The Bertz CT molecular complexity index is 4970. The minimum atomic E-state index is -0.772. The Balaban J connectivity index is 1.28. The number of hydrogen-bond acceptors (Lipinski definition) is 2. The molecule has 0 saturated heterocycles. The van der Waals surface area contributed by atoms with E-state index in [0.29, 0.717) is 22.3 Å². The van der Waals surface area contributed by atoms with Crippen LogP contribution in [0.5, 0.6) is 0 Å². The highest BCUT2D eigenvalue weighted by molar-refractivity contribution is 6.31. The minimum absolute atomic E-state index is 0.150. The van der Waals surface area contributed by atoms with Gasteiger partial charge in [-0.25, -0.2) is 0 Å². The van der Waals surface area contributed by atoms with Gasteiger partial charge in [-0.2, -0.15) is 0 Å². The zero-order valence-corrected chi connectivity index (χ0v) is 33.3. The lowest BCUT2D eigenvalue weighted by atomic mass is 10.0. The summed E-state index contributed by atoms with van der Waals surface area (Å²) in [6.07, 6.45) is 0. The van der Waals surface area contributed by atoms with Crippen molar-refractivity contribution in [3.8, 4) is 0 Å². The van der Waals surface area contributed by atoms with E-state index in [9.17, 15) is 24.7 Å². The molecule has 0 aliphatic heterocycles. The lowest BCUT2D eigenvalue weighted by molar-refractivity contribution is 1.25. The Kier molecular flexibility index (Phi) is 3.90. The smallest absolute Gasteiger partial charge is 0.0653 e. The van der Waals surface area contributed by atoms with Crippen LogP contribution in [0.2, 0.25) is 0 Å². The second-order valence-corrected chi connectivity index (χ2v) is 15.4. The molecule has 0 amide bonds. The first kappa shape index (κ1) is 18.8. The van der Waals surface area contributed by atoms with E-state index in [2.05, 4.69) is 0 Å².